The van der Waals surface area contributed by atoms with Crippen LogP contribution in [0, 0.1) is 0 Å². The molecule has 5 heteroatoms. The minimum Gasteiger partial charge on any atom is -0.512 e. The first kappa shape index (κ1) is 13.8. The number of ether oxygens (including phenoxy) is 1. The molecule has 5 nitrogen and oxygen atoms in total. The molecule has 1 aromatic carbocycles. The molecule has 0 bridgehead atoms. The summed E-state index contributed by atoms with van der Waals surface area (Å²) in [4.78, 5) is 15.6. The first-order chi connectivity index (χ1) is 8.56. The zero-order chi connectivity index (χ0) is 13.5. The van der Waals surface area contributed by atoms with Crippen LogP contribution in [0.2, 0.25) is 0 Å². The fourth-order valence-electron chi connectivity index (χ4n) is 1.24. The first-order valence-corrected chi connectivity index (χ1v) is 5.51. The molecule has 0 spiro atoms. The van der Waals surface area contributed by atoms with Gasteiger partial charge in [0, 0.05) is 6.21 Å². The van der Waals surface area contributed by atoms with Crippen molar-refractivity contribution in [1.29, 1.82) is 0 Å². The Morgan fingerprint density at radius 3 is 2.72 bits per heavy atom. The Morgan fingerprint density at radius 1 is 1.50 bits per heavy atom. The normalized spacial score (nSPS) is 12.3. The monoisotopic (exact) mass is 248 g/mol. The number of nitrogen functional groups attached to an aromatic ring is 1. The third-order valence-corrected chi connectivity index (χ3v) is 2.15. The number of hydrogen-bond acceptors (Lipinski definition) is 5. The number of para-hydroxylation sites is 2. The topological polar surface area (TPSA) is 84.9 Å². The summed E-state index contributed by atoms with van der Waals surface area (Å²) in [6, 6.07) is 6.98. The summed E-state index contributed by atoms with van der Waals surface area (Å²) in [6.45, 7) is 3.32. The van der Waals surface area contributed by atoms with Crippen molar-refractivity contribution < 1.29 is 14.6 Å². The van der Waals surface area contributed by atoms with E-state index in [2.05, 4.69) is 4.99 Å². The Balaban J connectivity index is 2.96. The number of anilines is 1. The number of nitrogens with two attached hydrogens (primary N) is 1. The summed E-state index contributed by atoms with van der Waals surface area (Å²) in [6.07, 6.45) is 1.25. The van der Waals surface area contributed by atoms with Crippen molar-refractivity contribution in [3.05, 3.63) is 35.6 Å². The highest BCUT2D eigenvalue weighted by Gasteiger charge is 2.11. The molecule has 0 unspecified atom stereocenters. The lowest BCUT2D eigenvalue weighted by Crippen LogP contribution is -2.10. The fraction of sp³-hybridized carbons (Fsp3) is 0.231. The molecule has 96 valence electrons. The van der Waals surface area contributed by atoms with Crippen molar-refractivity contribution in [1.82, 2.24) is 0 Å². The van der Waals surface area contributed by atoms with Crippen LogP contribution in [0.25, 0.3) is 0 Å². The molecule has 1 aromatic rings. The van der Waals surface area contributed by atoms with Crippen molar-refractivity contribution in [2.24, 2.45) is 4.99 Å². The largest absolute Gasteiger partial charge is 0.512 e. The maximum atomic E-state index is 11.5. The van der Waals surface area contributed by atoms with E-state index < -0.39 is 5.97 Å². The number of aliphatic imine (C=N–C) groups is 1. The van der Waals surface area contributed by atoms with Crippen LogP contribution < -0.4 is 5.73 Å². The molecule has 0 aliphatic heterocycles. The highest BCUT2D eigenvalue weighted by atomic mass is 16.5. The molecule has 0 fully saturated rings. The minimum atomic E-state index is -0.615. The van der Waals surface area contributed by atoms with Gasteiger partial charge in [-0.3, -0.25) is 4.99 Å². The second-order valence-corrected chi connectivity index (χ2v) is 3.54. The number of aliphatic hydroxyl groups excluding tert-OH is 1. The van der Waals surface area contributed by atoms with E-state index in [1.807, 2.05) is 0 Å². The molecular formula is C13H16N2O3. The van der Waals surface area contributed by atoms with Gasteiger partial charge in [0.25, 0.3) is 0 Å². The van der Waals surface area contributed by atoms with Crippen LogP contribution in [0.5, 0.6) is 0 Å². The highest BCUT2D eigenvalue weighted by molar-refractivity contribution is 6.10. The Hall–Kier alpha value is -2.30. The van der Waals surface area contributed by atoms with Gasteiger partial charge in [-0.2, -0.15) is 0 Å². The maximum Gasteiger partial charge on any atom is 0.343 e. The van der Waals surface area contributed by atoms with Gasteiger partial charge >= 0.3 is 5.97 Å². The van der Waals surface area contributed by atoms with Crippen LogP contribution in [0.4, 0.5) is 11.4 Å². The molecular weight excluding hydrogens is 232 g/mol. The standard InChI is InChI=1S/C13H16N2O3/c1-3-18-13(17)10(9(2)16)8-15-12-7-5-4-6-11(12)14/h4-8,16H,3,14H2,1-2H3/b10-9+,15-8?. The summed E-state index contributed by atoms with van der Waals surface area (Å²) < 4.78 is 4.80. The fourth-order valence-corrected chi connectivity index (χ4v) is 1.24. The molecule has 0 heterocycles. The van der Waals surface area contributed by atoms with Gasteiger partial charge in [-0.15, -0.1) is 0 Å². The second-order valence-electron chi connectivity index (χ2n) is 3.54. The molecule has 0 amide bonds. The van der Waals surface area contributed by atoms with Gasteiger partial charge in [0.1, 0.15) is 11.3 Å². The third-order valence-electron chi connectivity index (χ3n) is 2.15. The van der Waals surface area contributed by atoms with Crippen molar-refractivity contribution in [2.75, 3.05) is 12.3 Å². The van der Waals surface area contributed by atoms with Crippen LogP contribution in [0.1, 0.15) is 13.8 Å². The van der Waals surface area contributed by atoms with Gasteiger partial charge in [-0.25, -0.2) is 4.79 Å². The van der Waals surface area contributed by atoms with Crippen molar-refractivity contribution in [3.63, 3.8) is 0 Å². The Bertz CT molecular complexity index is 489. The van der Waals surface area contributed by atoms with Crippen molar-refractivity contribution in [2.45, 2.75) is 13.8 Å². The predicted octanol–water partition coefficient (Wildman–Crippen LogP) is 2.37. The molecule has 1 rings (SSSR count). The predicted molar refractivity (Wildman–Crippen MR) is 71.0 cm³/mol. The molecule has 0 saturated carbocycles. The average Bonchev–Trinajstić information content (AvgIpc) is 2.31. The molecule has 0 aromatic heterocycles. The zero-order valence-electron chi connectivity index (χ0n) is 10.4. The van der Waals surface area contributed by atoms with Gasteiger partial charge in [-0.05, 0) is 26.0 Å². The number of nitrogens with zero attached hydrogens (tertiary/aromatic N) is 1. The van der Waals surface area contributed by atoms with Crippen LogP contribution >= 0.6 is 0 Å². The summed E-state index contributed by atoms with van der Waals surface area (Å²) >= 11 is 0. The smallest absolute Gasteiger partial charge is 0.343 e. The number of rotatable bonds is 4. The number of allylic oxidation sites excluding steroid dienone is 1. The van der Waals surface area contributed by atoms with E-state index in [-0.39, 0.29) is 17.9 Å². The van der Waals surface area contributed by atoms with E-state index in [4.69, 9.17) is 10.5 Å². The van der Waals surface area contributed by atoms with E-state index in [0.717, 1.165) is 0 Å². The average molecular weight is 248 g/mol. The van der Waals surface area contributed by atoms with Gasteiger partial charge in [0.05, 0.1) is 18.0 Å². The van der Waals surface area contributed by atoms with Crippen molar-refractivity contribution in [3.8, 4) is 0 Å². The Kier molecular flexibility index (Phi) is 4.92. The molecule has 0 aliphatic rings. The number of carbonyl (C=O) groups is 1. The molecule has 3 N–H and O–H groups in total. The lowest BCUT2D eigenvalue weighted by Gasteiger charge is -2.03. The number of carbonyl (C=O) groups excluding carboxylic acids is 1. The maximum absolute atomic E-state index is 11.5. The van der Waals surface area contributed by atoms with Crippen LogP contribution in [-0.2, 0) is 9.53 Å². The summed E-state index contributed by atoms with van der Waals surface area (Å²) in [5.41, 5.74) is 6.74. The van der Waals surface area contributed by atoms with Gasteiger partial charge in [0.2, 0.25) is 0 Å². The summed E-state index contributed by atoms with van der Waals surface area (Å²) in [5, 5.41) is 9.41. The zero-order valence-corrected chi connectivity index (χ0v) is 10.4. The lowest BCUT2D eigenvalue weighted by molar-refractivity contribution is -0.138. The summed E-state index contributed by atoms with van der Waals surface area (Å²) in [7, 11) is 0. The van der Waals surface area contributed by atoms with Crippen molar-refractivity contribution >= 4 is 23.6 Å². The lowest BCUT2D eigenvalue weighted by atomic mass is 10.2. The van der Waals surface area contributed by atoms with E-state index in [9.17, 15) is 9.90 Å². The second kappa shape index (κ2) is 6.44. The molecule has 0 aliphatic carbocycles. The van der Waals surface area contributed by atoms with Crippen LogP contribution in [-0.4, -0.2) is 23.9 Å². The SMILES string of the molecule is CCOC(=O)/C(C=Nc1ccccc1N)=C(\C)O. The van der Waals surface area contributed by atoms with E-state index >= 15 is 0 Å². The third kappa shape index (κ3) is 3.62. The molecule has 0 saturated heterocycles. The van der Waals surface area contributed by atoms with E-state index in [1.54, 1.807) is 31.2 Å². The molecule has 0 radical (unpaired) electrons. The number of esters is 1. The minimum absolute atomic E-state index is 0.0140. The Morgan fingerprint density at radius 2 is 2.17 bits per heavy atom. The van der Waals surface area contributed by atoms with E-state index in [1.165, 1.54) is 13.1 Å². The van der Waals surface area contributed by atoms with Gasteiger partial charge in [-0.1, -0.05) is 12.1 Å². The van der Waals surface area contributed by atoms with Crippen LogP contribution in [0.3, 0.4) is 0 Å². The van der Waals surface area contributed by atoms with E-state index in [0.29, 0.717) is 11.4 Å². The Labute approximate surface area is 106 Å². The highest BCUT2D eigenvalue weighted by Crippen LogP contribution is 2.20. The molecule has 18 heavy (non-hydrogen) atoms. The summed E-state index contributed by atoms with van der Waals surface area (Å²) in [5.74, 6) is -0.762. The first-order valence-electron chi connectivity index (χ1n) is 5.51. The number of hydrogen-bond donors (Lipinski definition) is 2. The van der Waals surface area contributed by atoms with Gasteiger partial charge < -0.3 is 15.6 Å². The van der Waals surface area contributed by atoms with Gasteiger partial charge in [0.15, 0.2) is 0 Å². The number of aliphatic hydroxyl groups is 1. The number of benzene rings is 1. The molecule has 0 atom stereocenters. The van der Waals surface area contributed by atoms with Crippen LogP contribution in [0.15, 0.2) is 40.6 Å². The quantitative estimate of drug-likeness (QED) is 0.281.